The van der Waals surface area contributed by atoms with Crippen molar-refractivity contribution in [2.75, 3.05) is 13.2 Å². The van der Waals surface area contributed by atoms with Crippen molar-refractivity contribution in [1.82, 2.24) is 16.1 Å². The Kier molecular flexibility index (Phi) is 11.5. The summed E-state index contributed by atoms with van der Waals surface area (Å²) >= 11 is 10.9. The molecule has 0 saturated heterocycles. The van der Waals surface area contributed by atoms with E-state index in [0.717, 1.165) is 8.04 Å². The van der Waals surface area contributed by atoms with Gasteiger partial charge in [-0.3, -0.25) is 4.79 Å². The zero-order valence-corrected chi connectivity index (χ0v) is 27.6. The van der Waals surface area contributed by atoms with Gasteiger partial charge in [-0.25, -0.2) is 14.6 Å². The Morgan fingerprint density at radius 3 is 2.67 bits per heavy atom. The van der Waals surface area contributed by atoms with Crippen molar-refractivity contribution in [2.24, 2.45) is 5.10 Å². The van der Waals surface area contributed by atoms with Gasteiger partial charge in [-0.2, -0.15) is 5.10 Å². The fourth-order valence-corrected chi connectivity index (χ4v) is 6.18. The van der Waals surface area contributed by atoms with Crippen LogP contribution in [0.4, 0.5) is 4.39 Å². The summed E-state index contributed by atoms with van der Waals surface area (Å²) < 4.78 is 32.7. The lowest BCUT2D eigenvalue weighted by Crippen LogP contribution is -2.45. The van der Waals surface area contributed by atoms with Gasteiger partial charge in [-0.05, 0) is 72.9 Å². The third-order valence-corrected chi connectivity index (χ3v) is 7.59. The number of nitrogens with zero attached hydrogens (tertiary/aromatic N) is 1. The predicted octanol–water partition coefficient (Wildman–Crippen LogP) is 5.66. The molecule has 0 bridgehead atoms. The average Bonchev–Trinajstić information content (AvgIpc) is 2.96. The standard InChI is InChI=1S/C30H27BrFIN4O5S/c1-3-40-29(39)26-17(2)35-30(43)36-27(26)21-9-5-7-11-24(21)41-16-25(38)37-34-14-19-12-20(31)13-23(33)28(19)42-15-18-8-4-6-10-22(18)32/h4-14,27H,3,15-16H2,1-2H3,(H,37,38)(H2,35,36,43)/t27-/m0/s1. The van der Waals surface area contributed by atoms with Crippen LogP contribution in [-0.4, -0.2) is 36.4 Å². The fourth-order valence-electron chi connectivity index (χ4n) is 4.20. The summed E-state index contributed by atoms with van der Waals surface area (Å²) in [5, 5.41) is 10.5. The molecule has 3 aromatic rings. The van der Waals surface area contributed by atoms with Gasteiger partial charge in [0, 0.05) is 26.9 Å². The van der Waals surface area contributed by atoms with E-state index in [1.807, 2.05) is 6.07 Å². The van der Waals surface area contributed by atoms with Crippen molar-refractivity contribution in [2.45, 2.75) is 26.5 Å². The first kappa shape index (κ1) is 32.4. The number of carbonyl (C=O) groups excluding carboxylic acids is 2. The number of rotatable bonds is 11. The van der Waals surface area contributed by atoms with Crippen LogP contribution in [0.15, 0.2) is 81.5 Å². The highest BCUT2D eigenvalue weighted by Crippen LogP contribution is 2.34. The van der Waals surface area contributed by atoms with Gasteiger partial charge in [0.25, 0.3) is 5.91 Å². The van der Waals surface area contributed by atoms with E-state index in [-0.39, 0.29) is 25.6 Å². The molecular weight excluding hydrogens is 754 g/mol. The fraction of sp³-hybridized carbons (Fsp3) is 0.200. The second-order valence-electron chi connectivity index (χ2n) is 9.10. The number of para-hydroxylation sites is 1. The third-order valence-electron chi connectivity index (χ3n) is 6.11. The van der Waals surface area contributed by atoms with Crippen LogP contribution in [0.3, 0.4) is 0 Å². The Balaban J connectivity index is 1.44. The molecule has 4 rings (SSSR count). The SMILES string of the molecule is CCOC(=O)C1=C(C)NC(=S)N[C@H]1c1ccccc1OCC(=O)NN=Cc1cc(Br)cc(I)c1OCc1ccccc1F. The smallest absolute Gasteiger partial charge is 0.338 e. The van der Waals surface area contributed by atoms with Crippen LogP contribution in [0.1, 0.15) is 36.6 Å². The number of nitrogens with one attached hydrogen (secondary N) is 3. The van der Waals surface area contributed by atoms with E-state index in [4.69, 9.17) is 26.4 Å². The van der Waals surface area contributed by atoms with Crippen LogP contribution in [-0.2, 0) is 20.9 Å². The molecule has 0 radical (unpaired) electrons. The van der Waals surface area contributed by atoms with E-state index in [9.17, 15) is 14.0 Å². The number of hydrogen-bond donors (Lipinski definition) is 3. The third kappa shape index (κ3) is 8.51. The summed E-state index contributed by atoms with van der Waals surface area (Å²) in [5.74, 6) is -0.502. The molecule has 9 nitrogen and oxygen atoms in total. The van der Waals surface area contributed by atoms with Crippen molar-refractivity contribution in [1.29, 1.82) is 0 Å². The summed E-state index contributed by atoms with van der Waals surface area (Å²) in [7, 11) is 0. The van der Waals surface area contributed by atoms with Crippen molar-refractivity contribution in [3.05, 3.63) is 102 Å². The number of thiocarbonyl (C=S) groups is 1. The number of ether oxygens (including phenoxy) is 3. The molecule has 1 aliphatic heterocycles. The molecule has 1 amide bonds. The molecule has 3 aromatic carbocycles. The van der Waals surface area contributed by atoms with Crippen LogP contribution < -0.4 is 25.5 Å². The van der Waals surface area contributed by atoms with Crippen LogP contribution in [0.5, 0.6) is 11.5 Å². The molecule has 0 fully saturated rings. The number of esters is 1. The van der Waals surface area contributed by atoms with Gasteiger partial charge in [0.15, 0.2) is 11.7 Å². The predicted molar refractivity (Wildman–Crippen MR) is 176 cm³/mol. The maximum absolute atomic E-state index is 14.1. The van der Waals surface area contributed by atoms with Gasteiger partial charge in [0.05, 0.1) is 28.0 Å². The minimum absolute atomic E-state index is 0.0218. The molecule has 1 aliphatic rings. The molecule has 0 aromatic heterocycles. The maximum Gasteiger partial charge on any atom is 0.338 e. The van der Waals surface area contributed by atoms with E-state index >= 15 is 0 Å². The summed E-state index contributed by atoms with van der Waals surface area (Å²) in [6.45, 7) is 3.35. The molecule has 0 saturated carbocycles. The number of benzene rings is 3. The number of carbonyl (C=O) groups is 2. The molecule has 13 heteroatoms. The van der Waals surface area contributed by atoms with E-state index in [0.29, 0.717) is 44.6 Å². The quantitative estimate of drug-likeness (QED) is 0.0753. The van der Waals surface area contributed by atoms with Crippen LogP contribution in [0, 0.1) is 9.39 Å². The monoisotopic (exact) mass is 780 g/mol. The first-order chi connectivity index (χ1) is 20.7. The van der Waals surface area contributed by atoms with Crippen LogP contribution >= 0.6 is 50.7 Å². The lowest BCUT2D eigenvalue weighted by Gasteiger charge is -2.30. The minimum Gasteiger partial charge on any atom is -0.487 e. The highest BCUT2D eigenvalue weighted by molar-refractivity contribution is 14.1. The number of hydrazone groups is 1. The molecule has 1 atom stereocenters. The van der Waals surface area contributed by atoms with Crippen molar-refractivity contribution in [3.63, 3.8) is 0 Å². The van der Waals surface area contributed by atoms with E-state index in [1.165, 1.54) is 12.3 Å². The second kappa shape index (κ2) is 15.3. The molecule has 224 valence electrons. The van der Waals surface area contributed by atoms with Gasteiger partial charge in [-0.15, -0.1) is 0 Å². The normalized spacial score (nSPS) is 14.6. The van der Waals surface area contributed by atoms with E-state index in [1.54, 1.807) is 62.4 Å². The first-order valence-corrected chi connectivity index (χ1v) is 15.3. The topological polar surface area (TPSA) is 110 Å². The minimum atomic E-state index is -0.646. The summed E-state index contributed by atoms with van der Waals surface area (Å²) in [5.41, 5.74) is 4.96. The van der Waals surface area contributed by atoms with Crippen LogP contribution in [0.2, 0.25) is 0 Å². The van der Waals surface area contributed by atoms with Crippen molar-refractivity contribution >= 4 is 73.9 Å². The molecule has 0 aliphatic carbocycles. The number of halogens is 3. The average molecular weight is 781 g/mol. The molecule has 0 spiro atoms. The van der Waals surface area contributed by atoms with Crippen molar-refractivity contribution in [3.8, 4) is 11.5 Å². The maximum atomic E-state index is 14.1. The Morgan fingerprint density at radius 1 is 1.16 bits per heavy atom. The lowest BCUT2D eigenvalue weighted by atomic mass is 9.95. The summed E-state index contributed by atoms with van der Waals surface area (Å²) in [6, 6.07) is 16.4. The van der Waals surface area contributed by atoms with Gasteiger partial charge in [0.1, 0.15) is 23.9 Å². The zero-order chi connectivity index (χ0) is 30.9. The Hall–Kier alpha value is -3.56. The molecule has 3 N–H and O–H groups in total. The number of amides is 1. The summed E-state index contributed by atoms with van der Waals surface area (Å²) in [6.07, 6.45) is 1.44. The Morgan fingerprint density at radius 2 is 1.91 bits per heavy atom. The highest BCUT2D eigenvalue weighted by Gasteiger charge is 2.32. The van der Waals surface area contributed by atoms with E-state index in [2.05, 4.69) is 59.7 Å². The van der Waals surface area contributed by atoms with Crippen LogP contribution in [0.25, 0.3) is 0 Å². The largest absolute Gasteiger partial charge is 0.487 e. The molecule has 1 heterocycles. The highest BCUT2D eigenvalue weighted by atomic mass is 127. The lowest BCUT2D eigenvalue weighted by molar-refractivity contribution is -0.139. The van der Waals surface area contributed by atoms with Gasteiger partial charge in [0.2, 0.25) is 0 Å². The second-order valence-corrected chi connectivity index (χ2v) is 11.6. The number of hydrogen-bond acceptors (Lipinski definition) is 7. The zero-order valence-electron chi connectivity index (χ0n) is 23.1. The first-order valence-electron chi connectivity index (χ1n) is 13.0. The van der Waals surface area contributed by atoms with Gasteiger partial charge < -0.3 is 24.8 Å². The van der Waals surface area contributed by atoms with E-state index < -0.39 is 17.9 Å². The van der Waals surface area contributed by atoms with Gasteiger partial charge >= 0.3 is 5.97 Å². The Labute approximate surface area is 275 Å². The van der Waals surface area contributed by atoms with Crippen molar-refractivity contribution < 1.29 is 28.2 Å². The summed E-state index contributed by atoms with van der Waals surface area (Å²) in [4.78, 5) is 25.4. The van der Waals surface area contributed by atoms with Gasteiger partial charge in [-0.1, -0.05) is 52.3 Å². The molecule has 43 heavy (non-hydrogen) atoms. The molecule has 0 unspecified atom stereocenters. The molecular formula is C30H27BrFIN4O5S. The Bertz CT molecular complexity index is 1600. The number of allylic oxidation sites excluding steroid dienone is 1.